The molecule has 1 aliphatic rings. The van der Waals surface area contributed by atoms with Gasteiger partial charge in [-0.05, 0) is 23.8 Å². The number of benzene rings is 1. The van der Waals surface area contributed by atoms with Crippen molar-refractivity contribution in [2.24, 2.45) is 0 Å². The second-order valence-electron chi connectivity index (χ2n) is 5.57. The van der Waals surface area contributed by atoms with Crippen LogP contribution in [-0.2, 0) is 16.0 Å². The zero-order chi connectivity index (χ0) is 15.7. The number of hydrogen-bond donors (Lipinski definition) is 1. The van der Waals surface area contributed by atoms with Crippen LogP contribution in [0.4, 0.5) is 4.39 Å². The number of H-pyrrole nitrogens is 1. The third-order valence-corrected chi connectivity index (χ3v) is 4.15. The third kappa shape index (κ3) is 2.81. The Kier molecular flexibility index (Phi) is 3.83. The van der Waals surface area contributed by atoms with Crippen LogP contribution < -0.4 is 0 Å². The summed E-state index contributed by atoms with van der Waals surface area (Å²) in [5.41, 5.74) is 1.62. The number of carbonyl (C=O) groups is 2. The van der Waals surface area contributed by atoms with Crippen LogP contribution in [0.25, 0.3) is 10.9 Å². The average Bonchev–Trinajstić information content (AvgIpc) is 2.89. The summed E-state index contributed by atoms with van der Waals surface area (Å²) in [6.45, 7) is 3.79. The molecule has 2 aromatic rings. The number of nitrogens with one attached hydrogen (secondary N) is 1. The second kappa shape index (κ2) is 5.79. The van der Waals surface area contributed by atoms with Crippen LogP contribution in [0.2, 0.25) is 0 Å². The lowest BCUT2D eigenvalue weighted by atomic mass is 10.1. The zero-order valence-corrected chi connectivity index (χ0v) is 12.4. The number of halogens is 1. The summed E-state index contributed by atoms with van der Waals surface area (Å²) >= 11 is 0. The number of fused-ring (bicyclic) bond motifs is 1. The molecule has 1 saturated heterocycles. The summed E-state index contributed by atoms with van der Waals surface area (Å²) in [4.78, 5) is 30.2. The summed E-state index contributed by atoms with van der Waals surface area (Å²) in [6, 6.07) is 4.51. The molecule has 0 bridgehead atoms. The van der Waals surface area contributed by atoms with Gasteiger partial charge in [-0.1, -0.05) is 0 Å². The smallest absolute Gasteiger partial charge is 0.227 e. The molecule has 0 unspecified atom stereocenters. The maximum Gasteiger partial charge on any atom is 0.227 e. The first-order valence-corrected chi connectivity index (χ1v) is 7.33. The molecule has 116 valence electrons. The molecular weight excluding hydrogens is 285 g/mol. The lowest BCUT2D eigenvalue weighted by molar-refractivity contribution is -0.137. The first kappa shape index (κ1) is 14.6. The quantitative estimate of drug-likeness (QED) is 0.915. The van der Waals surface area contributed by atoms with Gasteiger partial charge in [0.1, 0.15) is 5.82 Å². The largest absolute Gasteiger partial charge is 0.361 e. The minimum Gasteiger partial charge on any atom is -0.361 e. The lowest BCUT2D eigenvalue weighted by Gasteiger charge is -2.34. The van der Waals surface area contributed by atoms with Crippen molar-refractivity contribution in [3.63, 3.8) is 0 Å². The molecule has 5 nitrogen and oxygen atoms in total. The van der Waals surface area contributed by atoms with Crippen molar-refractivity contribution in [2.75, 3.05) is 26.2 Å². The Labute approximate surface area is 127 Å². The van der Waals surface area contributed by atoms with Gasteiger partial charge in [0.2, 0.25) is 11.8 Å². The van der Waals surface area contributed by atoms with E-state index < -0.39 is 0 Å². The number of piperazine rings is 1. The minimum atomic E-state index is -0.309. The fraction of sp³-hybridized carbons (Fsp3) is 0.375. The highest BCUT2D eigenvalue weighted by Crippen LogP contribution is 2.20. The molecule has 2 heterocycles. The Hall–Kier alpha value is -2.37. The summed E-state index contributed by atoms with van der Waals surface area (Å²) < 4.78 is 13.4. The van der Waals surface area contributed by atoms with Gasteiger partial charge in [0.05, 0.1) is 6.42 Å². The lowest BCUT2D eigenvalue weighted by Crippen LogP contribution is -2.50. The van der Waals surface area contributed by atoms with E-state index in [-0.39, 0.29) is 24.1 Å². The number of nitrogens with zero attached hydrogens (tertiary/aromatic N) is 2. The molecule has 1 fully saturated rings. The maximum absolute atomic E-state index is 13.4. The molecule has 1 N–H and O–H groups in total. The van der Waals surface area contributed by atoms with E-state index in [2.05, 4.69) is 4.98 Å². The van der Waals surface area contributed by atoms with Crippen LogP contribution in [0.3, 0.4) is 0 Å². The highest BCUT2D eigenvalue weighted by atomic mass is 19.1. The number of aromatic amines is 1. The van der Waals surface area contributed by atoms with Gasteiger partial charge in [-0.15, -0.1) is 0 Å². The van der Waals surface area contributed by atoms with Crippen LogP contribution >= 0.6 is 0 Å². The molecule has 1 aromatic carbocycles. The van der Waals surface area contributed by atoms with Crippen LogP contribution in [-0.4, -0.2) is 52.8 Å². The van der Waals surface area contributed by atoms with Crippen molar-refractivity contribution in [1.29, 1.82) is 0 Å². The molecule has 0 radical (unpaired) electrons. The number of aromatic nitrogens is 1. The summed E-state index contributed by atoms with van der Waals surface area (Å²) in [7, 11) is 0. The van der Waals surface area contributed by atoms with E-state index in [9.17, 15) is 14.0 Å². The molecular formula is C16H18FN3O2. The van der Waals surface area contributed by atoms with Crippen LogP contribution in [0, 0.1) is 5.82 Å². The predicted molar refractivity (Wildman–Crippen MR) is 80.8 cm³/mol. The van der Waals surface area contributed by atoms with Crippen molar-refractivity contribution >= 4 is 22.7 Å². The number of carbonyl (C=O) groups excluding carboxylic acids is 2. The van der Waals surface area contributed by atoms with Gasteiger partial charge in [-0.2, -0.15) is 0 Å². The van der Waals surface area contributed by atoms with E-state index >= 15 is 0 Å². The molecule has 6 heteroatoms. The van der Waals surface area contributed by atoms with Crippen LogP contribution in [0.1, 0.15) is 12.5 Å². The molecule has 22 heavy (non-hydrogen) atoms. The molecule has 0 aliphatic carbocycles. The van der Waals surface area contributed by atoms with Crippen molar-refractivity contribution in [1.82, 2.24) is 14.8 Å². The van der Waals surface area contributed by atoms with Gasteiger partial charge in [0.25, 0.3) is 0 Å². The van der Waals surface area contributed by atoms with Crippen LogP contribution in [0.5, 0.6) is 0 Å². The van der Waals surface area contributed by atoms with Crippen molar-refractivity contribution < 1.29 is 14.0 Å². The first-order valence-electron chi connectivity index (χ1n) is 7.33. The molecule has 1 aromatic heterocycles. The molecule has 1 aliphatic heterocycles. The SMILES string of the molecule is CC(=O)N1CCN(C(=O)Cc2c[nH]c3ccc(F)cc23)CC1. The summed E-state index contributed by atoms with van der Waals surface area (Å²) in [5, 5.41) is 0.746. The van der Waals surface area contributed by atoms with E-state index in [1.807, 2.05) is 0 Å². The maximum atomic E-state index is 13.4. The molecule has 3 rings (SSSR count). The fourth-order valence-electron chi connectivity index (χ4n) is 2.84. The topological polar surface area (TPSA) is 56.4 Å². The first-order chi connectivity index (χ1) is 10.5. The standard InChI is InChI=1S/C16H18FN3O2/c1-11(21)19-4-6-20(7-5-19)16(22)8-12-10-18-15-3-2-13(17)9-14(12)15/h2-3,9-10,18H,4-8H2,1H3. The molecule has 0 spiro atoms. The molecule has 2 amide bonds. The van der Waals surface area contributed by atoms with E-state index in [1.54, 1.807) is 22.1 Å². The van der Waals surface area contributed by atoms with E-state index in [0.29, 0.717) is 26.2 Å². The van der Waals surface area contributed by atoms with E-state index in [4.69, 9.17) is 0 Å². The van der Waals surface area contributed by atoms with Crippen molar-refractivity contribution in [2.45, 2.75) is 13.3 Å². The number of rotatable bonds is 2. The van der Waals surface area contributed by atoms with Gasteiger partial charge < -0.3 is 14.8 Å². The van der Waals surface area contributed by atoms with E-state index in [0.717, 1.165) is 16.5 Å². The average molecular weight is 303 g/mol. The second-order valence-corrected chi connectivity index (χ2v) is 5.57. The van der Waals surface area contributed by atoms with E-state index in [1.165, 1.54) is 19.1 Å². The normalized spacial score (nSPS) is 15.4. The van der Waals surface area contributed by atoms with Gasteiger partial charge in [-0.3, -0.25) is 9.59 Å². The van der Waals surface area contributed by atoms with Crippen LogP contribution in [0.15, 0.2) is 24.4 Å². The fourth-order valence-corrected chi connectivity index (χ4v) is 2.84. The van der Waals surface area contributed by atoms with Gasteiger partial charge in [0, 0.05) is 50.2 Å². The summed E-state index contributed by atoms with van der Waals surface area (Å²) in [6.07, 6.45) is 2.00. The number of amides is 2. The Balaban J connectivity index is 1.69. The Morgan fingerprint density at radius 3 is 2.55 bits per heavy atom. The van der Waals surface area contributed by atoms with Gasteiger partial charge >= 0.3 is 0 Å². The highest BCUT2D eigenvalue weighted by Gasteiger charge is 2.23. The van der Waals surface area contributed by atoms with Gasteiger partial charge in [-0.25, -0.2) is 4.39 Å². The molecule has 0 saturated carbocycles. The summed E-state index contributed by atoms with van der Waals surface area (Å²) in [5.74, 6) is -0.261. The van der Waals surface area contributed by atoms with Crippen molar-refractivity contribution in [3.8, 4) is 0 Å². The Morgan fingerprint density at radius 1 is 1.18 bits per heavy atom. The monoisotopic (exact) mass is 303 g/mol. The Morgan fingerprint density at radius 2 is 1.86 bits per heavy atom. The van der Waals surface area contributed by atoms with Crippen molar-refractivity contribution in [3.05, 3.63) is 35.8 Å². The predicted octanol–water partition coefficient (Wildman–Crippen LogP) is 1.54. The highest BCUT2D eigenvalue weighted by molar-refractivity contribution is 5.89. The van der Waals surface area contributed by atoms with Gasteiger partial charge in [0.15, 0.2) is 0 Å². The minimum absolute atomic E-state index is 0.00774. The molecule has 0 atom stereocenters. The number of hydrogen-bond acceptors (Lipinski definition) is 2. The Bertz CT molecular complexity index is 717. The third-order valence-electron chi connectivity index (χ3n) is 4.15. The zero-order valence-electron chi connectivity index (χ0n) is 12.4.